The Morgan fingerprint density at radius 3 is 2.17 bits per heavy atom. The van der Waals surface area contributed by atoms with Gasteiger partial charge in [-0.05, 0) is 45.6 Å². The molecule has 1 rings (SSSR count). The lowest BCUT2D eigenvalue weighted by molar-refractivity contribution is 0.189. The Hall–Kier alpha value is -1.20. The molecule has 0 aliphatic carbocycles. The van der Waals surface area contributed by atoms with Crippen molar-refractivity contribution < 1.29 is 13.9 Å². The Kier molecular flexibility index (Phi) is 4.65. The summed E-state index contributed by atoms with van der Waals surface area (Å²) in [4.78, 5) is 2.07. The highest BCUT2D eigenvalue weighted by molar-refractivity contribution is 5.29. The molecule has 18 heavy (non-hydrogen) atoms. The maximum atomic E-state index is 13.1. The van der Waals surface area contributed by atoms with E-state index < -0.39 is 17.4 Å². The van der Waals surface area contributed by atoms with Crippen LogP contribution in [0.5, 0.6) is 5.75 Å². The van der Waals surface area contributed by atoms with Crippen LogP contribution in [0.2, 0.25) is 0 Å². The number of nitrogens with zero attached hydrogens (tertiary/aromatic N) is 1. The molecule has 0 aliphatic rings. The van der Waals surface area contributed by atoms with E-state index in [1.54, 1.807) is 0 Å². The summed E-state index contributed by atoms with van der Waals surface area (Å²) in [5, 5.41) is 12.1. The largest absolute Gasteiger partial charge is 0.503 e. The highest BCUT2D eigenvalue weighted by Gasteiger charge is 2.19. The summed E-state index contributed by atoms with van der Waals surface area (Å²) in [5.74, 6) is -2.79. The topological polar surface area (TPSA) is 35.5 Å². The first-order chi connectivity index (χ1) is 8.24. The molecule has 0 atom stereocenters. The summed E-state index contributed by atoms with van der Waals surface area (Å²) in [6, 6.07) is 2.27. The molecule has 0 bridgehead atoms. The van der Waals surface area contributed by atoms with Gasteiger partial charge in [0.25, 0.3) is 0 Å². The highest BCUT2D eigenvalue weighted by Crippen LogP contribution is 2.21. The molecule has 3 nitrogen and oxygen atoms in total. The van der Waals surface area contributed by atoms with Crippen LogP contribution in [-0.4, -0.2) is 36.2 Å². The molecule has 0 amide bonds. The molecule has 0 saturated heterocycles. The highest BCUT2D eigenvalue weighted by atomic mass is 19.1. The van der Waals surface area contributed by atoms with E-state index in [0.717, 1.165) is 12.1 Å². The monoisotopic (exact) mass is 258 g/mol. The third-order valence-electron chi connectivity index (χ3n) is 3.17. The van der Waals surface area contributed by atoms with E-state index >= 15 is 0 Å². The molecule has 0 aliphatic heterocycles. The van der Waals surface area contributed by atoms with Crippen LogP contribution < -0.4 is 5.32 Å². The lowest BCUT2D eigenvalue weighted by Gasteiger charge is -2.32. The van der Waals surface area contributed by atoms with Gasteiger partial charge in [0, 0.05) is 18.6 Å². The average molecular weight is 258 g/mol. The number of hydrogen-bond acceptors (Lipinski definition) is 3. The first kappa shape index (κ1) is 14.9. The van der Waals surface area contributed by atoms with Gasteiger partial charge in [-0.25, -0.2) is 8.78 Å². The Labute approximate surface area is 106 Å². The smallest absolute Gasteiger partial charge is 0.187 e. The fourth-order valence-corrected chi connectivity index (χ4v) is 1.39. The SMILES string of the molecule is CN(C)C(C)(C)CNCc1cc(F)c(O)c(F)c1. The molecule has 5 heteroatoms. The van der Waals surface area contributed by atoms with Crippen molar-refractivity contribution in [3.8, 4) is 5.75 Å². The Balaban J connectivity index is 2.60. The van der Waals surface area contributed by atoms with Crippen molar-refractivity contribution in [1.82, 2.24) is 10.2 Å². The van der Waals surface area contributed by atoms with Crippen LogP contribution in [0.25, 0.3) is 0 Å². The van der Waals surface area contributed by atoms with Crippen LogP contribution in [0.4, 0.5) is 8.78 Å². The number of hydrogen-bond donors (Lipinski definition) is 2. The minimum atomic E-state index is -0.932. The van der Waals surface area contributed by atoms with E-state index in [0.29, 0.717) is 18.7 Å². The van der Waals surface area contributed by atoms with Crippen molar-refractivity contribution in [3.05, 3.63) is 29.3 Å². The minimum absolute atomic E-state index is 0.0476. The molecule has 0 aromatic heterocycles. The van der Waals surface area contributed by atoms with Gasteiger partial charge in [0.05, 0.1) is 0 Å². The van der Waals surface area contributed by atoms with Gasteiger partial charge in [-0.3, -0.25) is 0 Å². The van der Waals surface area contributed by atoms with E-state index in [1.165, 1.54) is 0 Å². The summed E-state index contributed by atoms with van der Waals surface area (Å²) in [7, 11) is 3.95. The molecule has 1 aromatic carbocycles. The second-order valence-corrected chi connectivity index (χ2v) is 5.22. The molecule has 1 aromatic rings. The lowest BCUT2D eigenvalue weighted by atomic mass is 10.0. The second-order valence-electron chi connectivity index (χ2n) is 5.22. The van der Waals surface area contributed by atoms with E-state index in [4.69, 9.17) is 5.11 Å². The molecule has 2 N–H and O–H groups in total. The Bertz CT molecular complexity index is 396. The normalized spacial score (nSPS) is 12.2. The number of likely N-dealkylation sites (N-methyl/N-ethyl adjacent to an activating group) is 1. The van der Waals surface area contributed by atoms with Crippen LogP contribution >= 0.6 is 0 Å². The van der Waals surface area contributed by atoms with Crippen LogP contribution in [-0.2, 0) is 6.54 Å². The van der Waals surface area contributed by atoms with Gasteiger partial charge in [-0.2, -0.15) is 0 Å². The number of phenols is 1. The van der Waals surface area contributed by atoms with Crippen molar-refractivity contribution in [2.45, 2.75) is 25.9 Å². The summed E-state index contributed by atoms with van der Waals surface area (Å²) in [5.41, 5.74) is 0.422. The van der Waals surface area contributed by atoms with Gasteiger partial charge in [-0.1, -0.05) is 0 Å². The van der Waals surface area contributed by atoms with Gasteiger partial charge in [0.15, 0.2) is 17.4 Å². The lowest BCUT2D eigenvalue weighted by Crippen LogP contribution is -2.46. The zero-order valence-electron chi connectivity index (χ0n) is 11.2. The van der Waals surface area contributed by atoms with E-state index in [1.807, 2.05) is 14.1 Å². The maximum absolute atomic E-state index is 13.1. The number of halogens is 2. The maximum Gasteiger partial charge on any atom is 0.187 e. The van der Waals surface area contributed by atoms with Gasteiger partial charge in [0.1, 0.15) is 0 Å². The second kappa shape index (κ2) is 5.63. The first-order valence-corrected chi connectivity index (χ1v) is 5.79. The van der Waals surface area contributed by atoms with Crippen molar-refractivity contribution in [2.75, 3.05) is 20.6 Å². The van der Waals surface area contributed by atoms with Gasteiger partial charge in [0.2, 0.25) is 0 Å². The molecule has 0 heterocycles. The van der Waals surface area contributed by atoms with Gasteiger partial charge < -0.3 is 15.3 Å². The van der Waals surface area contributed by atoms with Crippen LogP contribution in [0.3, 0.4) is 0 Å². The third-order valence-corrected chi connectivity index (χ3v) is 3.17. The quantitative estimate of drug-likeness (QED) is 0.849. The predicted octanol–water partition coefficient (Wildman–Crippen LogP) is 2.10. The zero-order valence-corrected chi connectivity index (χ0v) is 11.2. The Morgan fingerprint density at radius 1 is 1.22 bits per heavy atom. The fourth-order valence-electron chi connectivity index (χ4n) is 1.39. The molecule has 0 spiro atoms. The Morgan fingerprint density at radius 2 is 1.72 bits per heavy atom. The van der Waals surface area contributed by atoms with Crippen molar-refractivity contribution >= 4 is 0 Å². The number of rotatable bonds is 5. The van der Waals surface area contributed by atoms with Crippen LogP contribution in [0.1, 0.15) is 19.4 Å². The molecule has 0 saturated carbocycles. The summed E-state index contributed by atoms with van der Waals surface area (Å²) in [6.07, 6.45) is 0. The van der Waals surface area contributed by atoms with Gasteiger partial charge in [-0.15, -0.1) is 0 Å². The third kappa shape index (κ3) is 3.65. The summed E-state index contributed by atoms with van der Waals surface area (Å²) in [6.45, 7) is 5.17. The van der Waals surface area contributed by atoms with Crippen molar-refractivity contribution in [2.24, 2.45) is 0 Å². The molecule has 0 radical (unpaired) electrons. The van der Waals surface area contributed by atoms with E-state index in [-0.39, 0.29) is 5.54 Å². The molecular formula is C13H20F2N2O. The van der Waals surface area contributed by atoms with E-state index in [2.05, 4.69) is 24.1 Å². The van der Waals surface area contributed by atoms with Gasteiger partial charge >= 0.3 is 0 Å². The first-order valence-electron chi connectivity index (χ1n) is 5.79. The molecule has 0 fully saturated rings. The van der Waals surface area contributed by atoms with E-state index in [9.17, 15) is 8.78 Å². The molecule has 0 unspecified atom stereocenters. The van der Waals surface area contributed by atoms with Crippen molar-refractivity contribution in [3.63, 3.8) is 0 Å². The fraction of sp³-hybridized carbons (Fsp3) is 0.538. The number of benzene rings is 1. The number of phenolic OH excluding ortho intramolecular Hbond substituents is 1. The van der Waals surface area contributed by atoms with Crippen LogP contribution in [0, 0.1) is 11.6 Å². The average Bonchev–Trinajstić information content (AvgIpc) is 2.25. The summed E-state index contributed by atoms with van der Waals surface area (Å²) < 4.78 is 26.2. The standard InChI is InChI=1S/C13H20F2N2O/c1-13(2,17(3)4)8-16-7-9-5-10(14)12(18)11(15)6-9/h5-6,16,18H,7-8H2,1-4H3. The molecular weight excluding hydrogens is 238 g/mol. The molecule has 102 valence electrons. The van der Waals surface area contributed by atoms with Crippen LogP contribution in [0.15, 0.2) is 12.1 Å². The number of aromatic hydroxyl groups is 1. The zero-order chi connectivity index (χ0) is 13.9. The summed E-state index contributed by atoms with van der Waals surface area (Å²) >= 11 is 0. The number of nitrogens with one attached hydrogen (secondary N) is 1. The minimum Gasteiger partial charge on any atom is -0.503 e. The van der Waals surface area contributed by atoms with Crippen molar-refractivity contribution in [1.29, 1.82) is 0 Å². The predicted molar refractivity (Wildman–Crippen MR) is 67.5 cm³/mol.